The van der Waals surface area contributed by atoms with Gasteiger partial charge in [0.15, 0.2) is 6.10 Å². The Balaban J connectivity index is 4.14. The fourth-order valence-electron chi connectivity index (χ4n) is 9.95. The lowest BCUT2D eigenvalue weighted by Gasteiger charge is -2.25. The average molecular weight is 1320 g/mol. The maximum absolute atomic E-state index is 13.0. The molecule has 0 spiro atoms. The topological polar surface area (TPSA) is 108 Å². The van der Waals surface area contributed by atoms with Gasteiger partial charge in [-0.05, 0) is 135 Å². The molecule has 9 nitrogen and oxygen atoms in total. The molecule has 0 saturated carbocycles. The zero-order valence-electron chi connectivity index (χ0n) is 61.3. The molecule has 95 heavy (non-hydrogen) atoms. The monoisotopic (exact) mass is 1320 g/mol. The van der Waals surface area contributed by atoms with E-state index >= 15 is 0 Å². The number of carbonyl (C=O) groups excluding carboxylic acids is 2. The Labute approximate surface area is 583 Å². The van der Waals surface area contributed by atoms with Crippen LogP contribution in [0.5, 0.6) is 0 Å². The number of allylic oxidation sites excluding steroid dienone is 30. The van der Waals surface area contributed by atoms with Crippen molar-refractivity contribution in [1.29, 1.82) is 0 Å². The Morgan fingerprint density at radius 3 is 0.842 bits per heavy atom. The van der Waals surface area contributed by atoms with Gasteiger partial charge in [0.25, 0.3) is 6.29 Å². The summed E-state index contributed by atoms with van der Waals surface area (Å²) in [4.78, 5) is 37.7. The number of unbranched alkanes of at least 4 members (excludes halogenated alkanes) is 23. The van der Waals surface area contributed by atoms with Gasteiger partial charge < -0.3 is 28.5 Å². The molecule has 0 aromatic heterocycles. The molecule has 0 rings (SSSR count). The quantitative estimate of drug-likeness (QED) is 0.0211. The number of likely N-dealkylation sites (N-methyl/N-ethyl adjacent to an activating group) is 1. The summed E-state index contributed by atoms with van der Waals surface area (Å²) in [6.45, 7) is 4.64. The molecule has 0 fully saturated rings. The third-order valence-corrected chi connectivity index (χ3v) is 15.7. The highest BCUT2D eigenvalue weighted by molar-refractivity contribution is 5.71. The van der Waals surface area contributed by atoms with Gasteiger partial charge in [0, 0.05) is 12.8 Å². The lowest BCUT2D eigenvalue weighted by Crippen LogP contribution is -2.40. The summed E-state index contributed by atoms with van der Waals surface area (Å²) in [6.07, 6.45) is 110. The molecule has 0 aliphatic heterocycles. The summed E-state index contributed by atoms with van der Waals surface area (Å²) in [5.41, 5.74) is 0. The van der Waals surface area contributed by atoms with Crippen molar-refractivity contribution in [3.63, 3.8) is 0 Å². The van der Waals surface area contributed by atoms with E-state index in [-0.39, 0.29) is 38.6 Å². The molecule has 0 amide bonds. The smallest absolute Gasteiger partial charge is 0.361 e. The predicted octanol–water partition coefficient (Wildman–Crippen LogP) is 24.4. The van der Waals surface area contributed by atoms with Crippen LogP contribution in [0.1, 0.15) is 284 Å². The van der Waals surface area contributed by atoms with Crippen molar-refractivity contribution < 1.29 is 42.9 Å². The van der Waals surface area contributed by atoms with E-state index < -0.39 is 24.3 Å². The van der Waals surface area contributed by atoms with Crippen LogP contribution in [0.3, 0.4) is 0 Å². The van der Waals surface area contributed by atoms with Gasteiger partial charge in [-0.1, -0.05) is 318 Å². The first kappa shape index (κ1) is 89.4. The maximum Gasteiger partial charge on any atom is 0.361 e. The molecule has 1 N–H and O–H groups in total. The van der Waals surface area contributed by atoms with Gasteiger partial charge in [-0.15, -0.1) is 0 Å². The van der Waals surface area contributed by atoms with Gasteiger partial charge in [0.2, 0.25) is 0 Å². The fourth-order valence-corrected chi connectivity index (χ4v) is 9.95. The second kappa shape index (κ2) is 74.2. The van der Waals surface area contributed by atoms with Crippen LogP contribution in [0.4, 0.5) is 0 Å². The van der Waals surface area contributed by atoms with Gasteiger partial charge in [0.1, 0.15) is 13.2 Å². The zero-order chi connectivity index (χ0) is 69.0. The number of carboxylic acid groups (broad SMARTS) is 1. The third-order valence-electron chi connectivity index (χ3n) is 15.7. The second-order valence-electron chi connectivity index (χ2n) is 25.8. The Morgan fingerprint density at radius 1 is 0.316 bits per heavy atom. The lowest BCUT2D eigenvalue weighted by atomic mass is 10.0. The summed E-state index contributed by atoms with van der Waals surface area (Å²) in [5, 5.41) is 9.77. The van der Waals surface area contributed by atoms with Crippen LogP contribution in [-0.4, -0.2) is 87.4 Å². The van der Waals surface area contributed by atoms with Gasteiger partial charge >= 0.3 is 17.9 Å². The molecule has 0 bridgehead atoms. The number of aliphatic carboxylic acids is 1. The Morgan fingerprint density at radius 2 is 0.568 bits per heavy atom. The Kier molecular flexibility index (Phi) is 69.8. The predicted molar refractivity (Wildman–Crippen MR) is 409 cm³/mol. The number of esters is 2. The number of ether oxygens (including phenoxy) is 4. The highest BCUT2D eigenvalue weighted by Crippen LogP contribution is 2.17. The van der Waals surface area contributed by atoms with Crippen molar-refractivity contribution in [2.24, 2.45) is 0 Å². The van der Waals surface area contributed by atoms with Crippen molar-refractivity contribution in [1.82, 2.24) is 0 Å². The van der Waals surface area contributed by atoms with Crippen molar-refractivity contribution in [3.8, 4) is 0 Å². The molecule has 0 saturated heterocycles. The summed E-state index contributed by atoms with van der Waals surface area (Å²) in [7, 11) is 5.97. The maximum atomic E-state index is 13.0. The largest absolute Gasteiger partial charge is 0.477 e. The second-order valence-corrected chi connectivity index (χ2v) is 25.8. The van der Waals surface area contributed by atoms with Gasteiger partial charge in [-0.3, -0.25) is 9.59 Å². The molecular formula is C86H140NO8+. The molecule has 0 radical (unpaired) electrons. The van der Waals surface area contributed by atoms with E-state index in [0.717, 1.165) is 148 Å². The fraction of sp³-hybridized carbons (Fsp3) is 0.616. The number of hydrogen-bond acceptors (Lipinski definition) is 7. The zero-order valence-corrected chi connectivity index (χ0v) is 61.3. The highest BCUT2D eigenvalue weighted by atomic mass is 16.7. The van der Waals surface area contributed by atoms with Crippen LogP contribution in [0, 0.1) is 0 Å². The minimum absolute atomic E-state index is 0.178. The van der Waals surface area contributed by atoms with Crippen molar-refractivity contribution in [2.75, 3.05) is 47.5 Å². The molecule has 0 aliphatic carbocycles. The van der Waals surface area contributed by atoms with Crippen molar-refractivity contribution in [2.45, 2.75) is 296 Å². The van der Waals surface area contributed by atoms with E-state index in [1.54, 1.807) is 0 Å². The number of carbonyl (C=O) groups is 3. The van der Waals surface area contributed by atoms with E-state index in [9.17, 15) is 19.5 Å². The van der Waals surface area contributed by atoms with Gasteiger partial charge in [-0.25, -0.2) is 4.79 Å². The van der Waals surface area contributed by atoms with Gasteiger partial charge in [0.05, 0.1) is 34.4 Å². The summed E-state index contributed by atoms with van der Waals surface area (Å²) in [6, 6.07) is 0. The SMILES string of the molecule is CC/C=C\C/C=C\C/C=C\C/C=C\C/C=C\C/C=C\C/C=C\C/C=C\CCCCCCCCCCCCCCCCC(=O)OC(COC(=O)CCCCCCCCCCC/C=C\C/C=C\C/C=C\C/C=C\C/C=C\C/C=C\C/C=C\CC)COC(OCC[N+](C)(C)C)C(=O)O. The van der Waals surface area contributed by atoms with Gasteiger partial charge in [-0.2, -0.15) is 0 Å². The highest BCUT2D eigenvalue weighted by Gasteiger charge is 2.25. The molecule has 9 heteroatoms. The normalized spacial score (nSPS) is 13.7. The number of carboxylic acids is 1. The van der Waals surface area contributed by atoms with E-state index in [4.69, 9.17) is 18.9 Å². The minimum atomic E-state index is -1.52. The van der Waals surface area contributed by atoms with E-state index in [0.29, 0.717) is 17.4 Å². The first-order valence-electron chi connectivity index (χ1n) is 37.9. The van der Waals surface area contributed by atoms with Crippen LogP contribution >= 0.6 is 0 Å². The van der Waals surface area contributed by atoms with Crippen LogP contribution in [0.25, 0.3) is 0 Å². The van der Waals surface area contributed by atoms with E-state index in [1.165, 1.54) is 103 Å². The first-order valence-corrected chi connectivity index (χ1v) is 37.9. The molecule has 0 aromatic carbocycles. The van der Waals surface area contributed by atoms with Crippen molar-refractivity contribution in [3.05, 3.63) is 182 Å². The molecule has 2 atom stereocenters. The third kappa shape index (κ3) is 75.6. The summed E-state index contributed by atoms with van der Waals surface area (Å²) >= 11 is 0. The standard InChI is InChI=1S/C86H139NO8/c1-6-8-10-12-14-16-18-20-22-24-26-28-30-32-34-36-38-39-40-41-42-43-44-45-47-49-51-53-55-57-59-61-63-65-67-69-71-73-75-77-84(89)95-82(81-94-86(85(90)91)92-79-78-87(3,4)5)80-93-83(88)76-74-72-70-68-66-64-62-60-58-56-54-52-50-48-46-37-35-33-31-29-27-25-23-21-19-17-15-13-11-9-7-2/h8-11,14-17,20-23,26-29,32-35,38-39,41-42,44-46,48,52,54,82,86H,6-7,12-13,18-19,24-25,30-31,36-37,40,43,47,49-51,53,55-81H2,1-5H3/p+1/b10-8-,11-9-,16-14-,17-15-,22-20-,23-21-,28-26-,29-27-,34-32-,35-33-,39-38-,42-41-,45-44-,48-46-,54-52-. The minimum Gasteiger partial charge on any atom is -0.477 e. The van der Waals surface area contributed by atoms with Crippen LogP contribution in [0.2, 0.25) is 0 Å². The molecule has 0 aromatic rings. The number of nitrogens with zero attached hydrogens (tertiary/aromatic N) is 1. The first-order chi connectivity index (χ1) is 46.6. The van der Waals surface area contributed by atoms with Crippen LogP contribution in [0.15, 0.2) is 182 Å². The Bertz CT molecular complexity index is 2220. The van der Waals surface area contributed by atoms with E-state index in [2.05, 4.69) is 196 Å². The van der Waals surface area contributed by atoms with Crippen molar-refractivity contribution >= 4 is 17.9 Å². The number of hydrogen-bond donors (Lipinski definition) is 1. The van der Waals surface area contributed by atoms with Crippen LogP contribution < -0.4 is 0 Å². The number of rotatable bonds is 68. The molecule has 0 heterocycles. The molecule has 536 valence electrons. The molecular weight excluding hydrogens is 1170 g/mol. The Hall–Kier alpha value is -5.61. The molecule has 0 aliphatic rings. The van der Waals surface area contributed by atoms with Crippen LogP contribution in [-0.2, 0) is 33.3 Å². The number of quaternary nitrogens is 1. The average Bonchev–Trinajstić information content (AvgIpc) is 2.92. The summed E-state index contributed by atoms with van der Waals surface area (Å²) < 4.78 is 23.0. The molecule has 2 unspecified atom stereocenters. The summed E-state index contributed by atoms with van der Waals surface area (Å²) in [5.74, 6) is -2.02. The van der Waals surface area contributed by atoms with E-state index in [1.807, 2.05) is 21.1 Å². The lowest BCUT2D eigenvalue weighted by molar-refractivity contribution is -0.870.